The van der Waals surface area contributed by atoms with Gasteiger partial charge in [0, 0.05) is 24.2 Å². The Labute approximate surface area is 147 Å². The van der Waals surface area contributed by atoms with E-state index in [0.29, 0.717) is 35.5 Å². The highest BCUT2D eigenvalue weighted by atomic mass is 16.1. The van der Waals surface area contributed by atoms with E-state index in [0.717, 1.165) is 12.0 Å². The van der Waals surface area contributed by atoms with Gasteiger partial charge < -0.3 is 10.6 Å². The second kappa shape index (κ2) is 8.65. The highest BCUT2D eigenvalue weighted by Gasteiger charge is 2.08. The molecule has 0 bridgehead atoms. The fraction of sp³-hybridized carbons (Fsp3) is 0.250. The molecular formula is C20H21N3O2. The van der Waals surface area contributed by atoms with Crippen LogP contribution in [0.2, 0.25) is 0 Å². The SMILES string of the molecule is CCCNC(=O)c1cccc(CNc2cc(C(C)=O)ccc2C#N)c1. The third kappa shape index (κ3) is 4.92. The lowest BCUT2D eigenvalue weighted by Gasteiger charge is -2.11. The summed E-state index contributed by atoms with van der Waals surface area (Å²) in [5.74, 6) is -0.151. The van der Waals surface area contributed by atoms with Crippen molar-refractivity contribution in [1.29, 1.82) is 5.26 Å². The monoisotopic (exact) mass is 335 g/mol. The van der Waals surface area contributed by atoms with Crippen LogP contribution in [0.4, 0.5) is 5.69 Å². The number of carbonyl (C=O) groups is 2. The molecule has 0 fully saturated rings. The van der Waals surface area contributed by atoms with Crippen LogP contribution in [0.1, 0.15) is 52.1 Å². The van der Waals surface area contributed by atoms with Gasteiger partial charge in [-0.15, -0.1) is 0 Å². The van der Waals surface area contributed by atoms with Gasteiger partial charge in [-0.2, -0.15) is 5.26 Å². The number of nitriles is 1. The number of rotatable bonds is 7. The molecule has 0 aliphatic rings. The van der Waals surface area contributed by atoms with Crippen LogP contribution in [0.3, 0.4) is 0 Å². The highest BCUT2D eigenvalue weighted by Crippen LogP contribution is 2.19. The Balaban J connectivity index is 2.14. The minimum Gasteiger partial charge on any atom is -0.380 e. The number of amides is 1. The smallest absolute Gasteiger partial charge is 0.251 e. The molecule has 0 spiro atoms. The third-order valence-electron chi connectivity index (χ3n) is 3.75. The first kappa shape index (κ1) is 18.2. The molecule has 2 N–H and O–H groups in total. The number of Topliss-reactive ketones (excluding diaryl/α,β-unsaturated/α-hetero) is 1. The Morgan fingerprint density at radius 1 is 1.12 bits per heavy atom. The molecule has 0 aliphatic carbocycles. The Bertz CT molecular complexity index is 822. The van der Waals surface area contributed by atoms with Crippen molar-refractivity contribution in [3.05, 3.63) is 64.7 Å². The molecule has 25 heavy (non-hydrogen) atoms. The fourth-order valence-electron chi connectivity index (χ4n) is 2.37. The summed E-state index contributed by atoms with van der Waals surface area (Å²) < 4.78 is 0. The lowest BCUT2D eigenvalue weighted by atomic mass is 10.1. The number of nitrogens with one attached hydrogen (secondary N) is 2. The summed E-state index contributed by atoms with van der Waals surface area (Å²) in [4.78, 5) is 23.6. The van der Waals surface area contributed by atoms with E-state index in [2.05, 4.69) is 16.7 Å². The lowest BCUT2D eigenvalue weighted by Crippen LogP contribution is -2.24. The summed E-state index contributed by atoms with van der Waals surface area (Å²) >= 11 is 0. The maximum Gasteiger partial charge on any atom is 0.251 e. The first-order valence-electron chi connectivity index (χ1n) is 8.21. The van der Waals surface area contributed by atoms with Gasteiger partial charge in [0.2, 0.25) is 0 Å². The molecule has 0 atom stereocenters. The van der Waals surface area contributed by atoms with Crippen molar-refractivity contribution in [1.82, 2.24) is 5.32 Å². The zero-order valence-corrected chi connectivity index (χ0v) is 14.4. The average Bonchev–Trinajstić information content (AvgIpc) is 2.64. The van der Waals surface area contributed by atoms with E-state index < -0.39 is 0 Å². The number of benzene rings is 2. The zero-order valence-electron chi connectivity index (χ0n) is 14.4. The molecule has 0 heterocycles. The number of ketones is 1. The van der Waals surface area contributed by atoms with Crippen LogP contribution in [0, 0.1) is 11.3 Å². The van der Waals surface area contributed by atoms with E-state index in [9.17, 15) is 14.9 Å². The molecule has 0 saturated carbocycles. The predicted octanol–water partition coefficient (Wildman–Crippen LogP) is 3.51. The van der Waals surface area contributed by atoms with E-state index in [1.807, 2.05) is 25.1 Å². The van der Waals surface area contributed by atoms with Crippen LogP contribution in [0.25, 0.3) is 0 Å². The third-order valence-corrected chi connectivity index (χ3v) is 3.75. The molecular weight excluding hydrogens is 314 g/mol. The summed E-state index contributed by atoms with van der Waals surface area (Å²) in [6.45, 7) is 4.59. The minimum absolute atomic E-state index is 0.0536. The van der Waals surface area contributed by atoms with Gasteiger partial charge in [0.25, 0.3) is 5.91 Å². The lowest BCUT2D eigenvalue weighted by molar-refractivity contribution is 0.0952. The molecule has 0 unspecified atom stereocenters. The second-order valence-electron chi connectivity index (χ2n) is 5.74. The first-order valence-corrected chi connectivity index (χ1v) is 8.21. The number of nitrogens with zero attached hydrogens (tertiary/aromatic N) is 1. The Kier molecular flexibility index (Phi) is 6.30. The molecule has 2 rings (SSSR count). The molecule has 128 valence electrons. The van der Waals surface area contributed by atoms with E-state index >= 15 is 0 Å². The quantitative estimate of drug-likeness (QED) is 0.759. The van der Waals surface area contributed by atoms with Crippen LogP contribution in [-0.2, 0) is 6.54 Å². The van der Waals surface area contributed by atoms with Crippen LogP contribution in [-0.4, -0.2) is 18.2 Å². The molecule has 0 saturated heterocycles. The van der Waals surface area contributed by atoms with Crippen LogP contribution in [0.15, 0.2) is 42.5 Å². The number of hydrogen-bond acceptors (Lipinski definition) is 4. The van der Waals surface area contributed by atoms with Crippen molar-refractivity contribution in [2.45, 2.75) is 26.8 Å². The van der Waals surface area contributed by atoms with Gasteiger partial charge in [0.1, 0.15) is 6.07 Å². The van der Waals surface area contributed by atoms with Crippen LogP contribution >= 0.6 is 0 Å². The van der Waals surface area contributed by atoms with Crippen molar-refractivity contribution in [3.8, 4) is 6.07 Å². The number of carbonyl (C=O) groups excluding carboxylic acids is 2. The predicted molar refractivity (Wildman–Crippen MR) is 97.6 cm³/mol. The molecule has 5 heteroatoms. The minimum atomic E-state index is -0.0972. The second-order valence-corrected chi connectivity index (χ2v) is 5.74. The topological polar surface area (TPSA) is 82.0 Å². The summed E-state index contributed by atoms with van der Waals surface area (Å²) in [5, 5.41) is 15.2. The normalized spacial score (nSPS) is 9.96. The van der Waals surface area contributed by atoms with Gasteiger partial charge >= 0.3 is 0 Å². The van der Waals surface area contributed by atoms with Crippen LogP contribution < -0.4 is 10.6 Å². The maximum atomic E-state index is 12.0. The summed E-state index contributed by atoms with van der Waals surface area (Å²) in [7, 11) is 0. The Hall–Kier alpha value is -3.13. The molecule has 0 radical (unpaired) electrons. The summed E-state index contributed by atoms with van der Waals surface area (Å²) in [5.41, 5.74) is 3.15. The van der Waals surface area contributed by atoms with Crippen molar-refractivity contribution in [3.63, 3.8) is 0 Å². The Morgan fingerprint density at radius 3 is 2.60 bits per heavy atom. The summed E-state index contributed by atoms with van der Waals surface area (Å²) in [6.07, 6.45) is 0.885. The maximum absolute atomic E-state index is 12.0. The zero-order chi connectivity index (χ0) is 18.2. The van der Waals surface area contributed by atoms with E-state index in [-0.39, 0.29) is 11.7 Å². The van der Waals surface area contributed by atoms with Gasteiger partial charge in [-0.05, 0) is 49.2 Å². The Morgan fingerprint density at radius 2 is 1.92 bits per heavy atom. The fourth-order valence-corrected chi connectivity index (χ4v) is 2.37. The van der Waals surface area contributed by atoms with E-state index in [1.54, 1.807) is 24.3 Å². The van der Waals surface area contributed by atoms with Gasteiger partial charge in [0.05, 0.1) is 11.3 Å². The molecule has 2 aromatic rings. The molecule has 0 aromatic heterocycles. The first-order chi connectivity index (χ1) is 12.0. The molecule has 5 nitrogen and oxygen atoms in total. The highest BCUT2D eigenvalue weighted by molar-refractivity contribution is 5.95. The van der Waals surface area contributed by atoms with E-state index in [1.165, 1.54) is 6.92 Å². The van der Waals surface area contributed by atoms with E-state index in [4.69, 9.17) is 0 Å². The van der Waals surface area contributed by atoms with Gasteiger partial charge in [-0.25, -0.2) is 0 Å². The standard InChI is InChI=1S/C20H21N3O2/c1-3-9-22-20(25)17-6-4-5-15(10-17)13-23-19-11-16(14(2)24)7-8-18(19)12-21/h4-8,10-11,23H,3,9,13H2,1-2H3,(H,22,25). The van der Waals surface area contributed by atoms with Crippen molar-refractivity contribution >= 4 is 17.4 Å². The van der Waals surface area contributed by atoms with Crippen molar-refractivity contribution in [2.75, 3.05) is 11.9 Å². The number of hydrogen-bond donors (Lipinski definition) is 2. The van der Waals surface area contributed by atoms with Crippen LogP contribution in [0.5, 0.6) is 0 Å². The van der Waals surface area contributed by atoms with Gasteiger partial charge in [0.15, 0.2) is 5.78 Å². The van der Waals surface area contributed by atoms with Crippen molar-refractivity contribution in [2.24, 2.45) is 0 Å². The van der Waals surface area contributed by atoms with Gasteiger partial charge in [-0.3, -0.25) is 9.59 Å². The average molecular weight is 335 g/mol. The van der Waals surface area contributed by atoms with Crippen molar-refractivity contribution < 1.29 is 9.59 Å². The molecule has 2 aromatic carbocycles. The molecule has 0 aliphatic heterocycles. The summed E-state index contributed by atoms with van der Waals surface area (Å²) in [6, 6.07) is 14.4. The number of anilines is 1. The van der Waals surface area contributed by atoms with Gasteiger partial charge in [-0.1, -0.05) is 19.1 Å². The largest absolute Gasteiger partial charge is 0.380 e. The molecule has 1 amide bonds.